The Kier molecular flexibility index (Phi) is 3.39. The molecule has 0 aromatic heterocycles. The number of hydrogen-bond donors (Lipinski definition) is 1. The van der Waals surface area contributed by atoms with Crippen molar-refractivity contribution < 1.29 is 5.11 Å². The minimum Gasteiger partial charge on any atom is -0.392 e. The van der Waals surface area contributed by atoms with E-state index in [1.54, 1.807) is 0 Å². The van der Waals surface area contributed by atoms with Crippen molar-refractivity contribution in [3.8, 4) is 0 Å². The lowest BCUT2D eigenvalue weighted by Crippen LogP contribution is -2.16. The summed E-state index contributed by atoms with van der Waals surface area (Å²) in [5.41, 5.74) is 3.91. The zero-order valence-corrected chi connectivity index (χ0v) is 11.3. The fraction of sp³-hybridized carbons (Fsp3) is 0.333. The molecule has 2 aromatic carbocycles. The van der Waals surface area contributed by atoms with Gasteiger partial charge < -0.3 is 5.11 Å². The molecule has 3 atom stereocenters. The highest BCUT2D eigenvalue weighted by Crippen LogP contribution is 2.45. The molecule has 3 unspecified atom stereocenters. The van der Waals surface area contributed by atoms with E-state index in [1.807, 2.05) is 6.07 Å². The smallest absolute Gasteiger partial charge is 0.0614 e. The molecule has 0 spiro atoms. The molecular weight excluding hydrogens is 232 g/mol. The summed E-state index contributed by atoms with van der Waals surface area (Å²) < 4.78 is 0. The fourth-order valence-electron chi connectivity index (χ4n) is 3.29. The van der Waals surface area contributed by atoms with Crippen molar-refractivity contribution >= 4 is 0 Å². The summed E-state index contributed by atoms with van der Waals surface area (Å²) in [6.45, 7) is 2.11. The molecule has 1 N–H and O–H groups in total. The topological polar surface area (TPSA) is 20.2 Å². The second kappa shape index (κ2) is 5.18. The second-order valence-electron chi connectivity index (χ2n) is 5.60. The van der Waals surface area contributed by atoms with Crippen LogP contribution in [0.2, 0.25) is 0 Å². The summed E-state index contributed by atoms with van der Waals surface area (Å²) in [4.78, 5) is 0. The van der Waals surface area contributed by atoms with E-state index in [4.69, 9.17) is 0 Å². The summed E-state index contributed by atoms with van der Waals surface area (Å²) in [6.07, 6.45) is 1.76. The van der Waals surface area contributed by atoms with E-state index in [-0.39, 0.29) is 12.0 Å². The molecule has 1 heteroatoms. The van der Waals surface area contributed by atoms with Gasteiger partial charge >= 0.3 is 0 Å². The van der Waals surface area contributed by atoms with Crippen LogP contribution in [0.25, 0.3) is 0 Å². The van der Waals surface area contributed by atoms with E-state index in [2.05, 4.69) is 55.5 Å². The summed E-state index contributed by atoms with van der Waals surface area (Å²) in [5, 5.41) is 10.3. The van der Waals surface area contributed by atoms with Gasteiger partial charge in [-0.3, -0.25) is 0 Å². The van der Waals surface area contributed by atoms with Gasteiger partial charge in [-0.15, -0.1) is 0 Å². The van der Waals surface area contributed by atoms with Gasteiger partial charge in [0.2, 0.25) is 0 Å². The molecule has 2 aromatic rings. The summed E-state index contributed by atoms with van der Waals surface area (Å²) in [7, 11) is 0. The molecule has 0 radical (unpaired) electrons. The zero-order valence-electron chi connectivity index (χ0n) is 11.3. The molecule has 98 valence electrons. The average molecular weight is 252 g/mol. The van der Waals surface area contributed by atoms with Crippen LogP contribution in [-0.2, 0) is 0 Å². The highest BCUT2D eigenvalue weighted by Gasteiger charge is 2.36. The molecule has 3 rings (SSSR count). The normalized spacial score (nSPS) is 26.5. The lowest BCUT2D eigenvalue weighted by Gasteiger charge is -2.23. The number of aryl methyl sites for hydroxylation is 1. The number of rotatable bonds is 2. The monoisotopic (exact) mass is 252 g/mol. The van der Waals surface area contributed by atoms with Gasteiger partial charge in [0, 0.05) is 5.92 Å². The van der Waals surface area contributed by atoms with Crippen LogP contribution in [0.5, 0.6) is 0 Å². The predicted octanol–water partition coefficient (Wildman–Crippen LogP) is 4.02. The molecule has 1 nitrogen and oxygen atoms in total. The number of hydrogen-bond acceptors (Lipinski definition) is 1. The van der Waals surface area contributed by atoms with E-state index < -0.39 is 0 Å². The Morgan fingerprint density at radius 1 is 0.842 bits per heavy atom. The standard InChI is InChI=1S/C18H20O/c1-13-7-9-14(10-8-13)16-11-12-17(19)18(16)15-5-3-2-4-6-15/h2-10,16-19H,11-12H2,1H3. The Morgan fingerprint density at radius 3 is 2.21 bits per heavy atom. The van der Waals surface area contributed by atoms with E-state index in [0.29, 0.717) is 5.92 Å². The summed E-state index contributed by atoms with van der Waals surface area (Å²) in [5.74, 6) is 0.682. The third-order valence-corrected chi connectivity index (χ3v) is 4.31. The Balaban J connectivity index is 1.94. The third-order valence-electron chi connectivity index (χ3n) is 4.31. The van der Waals surface area contributed by atoms with Crippen LogP contribution < -0.4 is 0 Å². The molecule has 1 aliphatic rings. The number of aliphatic hydroxyl groups is 1. The fourth-order valence-corrected chi connectivity index (χ4v) is 3.29. The maximum absolute atomic E-state index is 10.3. The quantitative estimate of drug-likeness (QED) is 0.856. The van der Waals surface area contributed by atoms with Gasteiger partial charge in [0.05, 0.1) is 6.10 Å². The van der Waals surface area contributed by atoms with Crippen LogP contribution in [-0.4, -0.2) is 11.2 Å². The highest BCUT2D eigenvalue weighted by atomic mass is 16.3. The van der Waals surface area contributed by atoms with Gasteiger partial charge in [0.1, 0.15) is 0 Å². The maximum Gasteiger partial charge on any atom is 0.0614 e. The molecule has 0 aliphatic heterocycles. The van der Waals surface area contributed by atoms with Crippen molar-refractivity contribution in [2.45, 2.75) is 37.7 Å². The van der Waals surface area contributed by atoms with Gasteiger partial charge in [0.25, 0.3) is 0 Å². The largest absolute Gasteiger partial charge is 0.392 e. The first-order chi connectivity index (χ1) is 9.25. The third kappa shape index (κ3) is 2.43. The lowest BCUT2D eigenvalue weighted by atomic mass is 9.83. The van der Waals surface area contributed by atoms with Crippen molar-refractivity contribution in [1.82, 2.24) is 0 Å². The lowest BCUT2D eigenvalue weighted by molar-refractivity contribution is 0.160. The predicted molar refractivity (Wildman–Crippen MR) is 78.3 cm³/mol. The number of benzene rings is 2. The number of aliphatic hydroxyl groups excluding tert-OH is 1. The molecule has 1 saturated carbocycles. The molecule has 0 heterocycles. The first-order valence-corrected chi connectivity index (χ1v) is 7.05. The Hall–Kier alpha value is -1.60. The Labute approximate surface area is 114 Å². The van der Waals surface area contributed by atoms with Gasteiger partial charge in [-0.1, -0.05) is 60.2 Å². The van der Waals surface area contributed by atoms with Crippen molar-refractivity contribution in [3.05, 3.63) is 71.3 Å². The minimum atomic E-state index is -0.214. The molecule has 1 fully saturated rings. The van der Waals surface area contributed by atoms with E-state index in [9.17, 15) is 5.11 Å². The van der Waals surface area contributed by atoms with Crippen LogP contribution in [0.15, 0.2) is 54.6 Å². The SMILES string of the molecule is Cc1ccc(C2CCC(O)C2c2ccccc2)cc1. The van der Waals surface area contributed by atoms with E-state index in [1.165, 1.54) is 16.7 Å². The first-order valence-electron chi connectivity index (χ1n) is 7.05. The second-order valence-corrected chi connectivity index (χ2v) is 5.60. The van der Waals surface area contributed by atoms with Crippen LogP contribution in [0, 0.1) is 6.92 Å². The van der Waals surface area contributed by atoms with Crippen LogP contribution >= 0.6 is 0 Å². The average Bonchev–Trinajstić information content (AvgIpc) is 2.82. The van der Waals surface area contributed by atoms with E-state index >= 15 is 0 Å². The molecule has 0 bridgehead atoms. The minimum absolute atomic E-state index is 0.214. The summed E-state index contributed by atoms with van der Waals surface area (Å²) >= 11 is 0. The van der Waals surface area contributed by atoms with Crippen LogP contribution in [0.4, 0.5) is 0 Å². The van der Waals surface area contributed by atoms with Crippen molar-refractivity contribution in [1.29, 1.82) is 0 Å². The van der Waals surface area contributed by atoms with E-state index in [0.717, 1.165) is 12.8 Å². The summed E-state index contributed by atoms with van der Waals surface area (Å²) in [6, 6.07) is 19.2. The van der Waals surface area contributed by atoms with Crippen LogP contribution in [0.1, 0.15) is 41.4 Å². The molecule has 19 heavy (non-hydrogen) atoms. The van der Waals surface area contributed by atoms with Gasteiger partial charge in [-0.05, 0) is 36.8 Å². The van der Waals surface area contributed by atoms with Crippen LogP contribution in [0.3, 0.4) is 0 Å². The highest BCUT2D eigenvalue weighted by molar-refractivity contribution is 5.33. The molecule has 0 amide bonds. The molecular formula is C18H20O. The first kappa shape index (κ1) is 12.4. The zero-order chi connectivity index (χ0) is 13.2. The van der Waals surface area contributed by atoms with Crippen molar-refractivity contribution in [2.24, 2.45) is 0 Å². The van der Waals surface area contributed by atoms with Gasteiger partial charge in [0.15, 0.2) is 0 Å². The maximum atomic E-state index is 10.3. The molecule has 0 saturated heterocycles. The Morgan fingerprint density at radius 2 is 1.53 bits per heavy atom. The van der Waals surface area contributed by atoms with Gasteiger partial charge in [-0.25, -0.2) is 0 Å². The Bertz CT molecular complexity index is 529. The van der Waals surface area contributed by atoms with Crippen molar-refractivity contribution in [2.75, 3.05) is 0 Å². The van der Waals surface area contributed by atoms with Gasteiger partial charge in [-0.2, -0.15) is 0 Å². The van der Waals surface area contributed by atoms with Crippen molar-refractivity contribution in [3.63, 3.8) is 0 Å². The molecule has 1 aliphatic carbocycles.